The number of hydrogen-bond acceptors (Lipinski definition) is 0. The van der Waals surface area contributed by atoms with Crippen molar-refractivity contribution in [2.45, 2.75) is 25.7 Å². The molecule has 0 heterocycles. The van der Waals surface area contributed by atoms with Crippen LogP contribution in [0.15, 0.2) is 55.2 Å². The summed E-state index contributed by atoms with van der Waals surface area (Å²) in [5.41, 5.74) is 5.97. The maximum absolute atomic E-state index is 2.49. The Bertz CT molecular complexity index is 701. The molecule has 0 aliphatic heterocycles. The molecular formula is C20H18Hf. The van der Waals surface area contributed by atoms with Crippen LogP contribution in [0.1, 0.15) is 47.9 Å². The van der Waals surface area contributed by atoms with Gasteiger partial charge in [-0.2, -0.15) is 0 Å². The summed E-state index contributed by atoms with van der Waals surface area (Å²) in [5, 5.41) is 0. The first-order chi connectivity index (χ1) is 10.2. The fourth-order valence-electron chi connectivity index (χ4n) is 3.45. The monoisotopic (exact) mass is 438 g/mol. The molecule has 0 aromatic heterocycles. The summed E-state index contributed by atoms with van der Waals surface area (Å²) in [4.78, 5) is 0. The van der Waals surface area contributed by atoms with Crippen LogP contribution in [0.2, 0.25) is 0 Å². The van der Waals surface area contributed by atoms with Gasteiger partial charge in [0.1, 0.15) is 0 Å². The Morgan fingerprint density at radius 1 is 0.667 bits per heavy atom. The molecule has 102 valence electrons. The first-order valence-electron chi connectivity index (χ1n) is 7.62. The van der Waals surface area contributed by atoms with E-state index in [1.165, 1.54) is 22.3 Å². The zero-order valence-electron chi connectivity index (χ0n) is 12.4. The molecule has 2 aromatic rings. The number of benzene rings is 2. The Morgan fingerprint density at radius 2 is 1.10 bits per heavy atom. The second-order valence-corrected chi connectivity index (χ2v) is 11.1. The molecule has 0 nitrogen and oxygen atoms in total. The first-order valence-corrected chi connectivity index (χ1v) is 11.2. The van der Waals surface area contributed by atoms with Gasteiger partial charge in [0.2, 0.25) is 0 Å². The van der Waals surface area contributed by atoms with Crippen LogP contribution in [0.3, 0.4) is 0 Å². The zero-order chi connectivity index (χ0) is 14.4. The standard InChI is InChI=1S/2C10H9.Hf/c2*1-8-6-7-9-4-2-3-5-10(8)9;/h2*2-5,7-8H,1H3;. The van der Waals surface area contributed by atoms with Gasteiger partial charge in [-0.05, 0) is 0 Å². The van der Waals surface area contributed by atoms with E-state index in [0.717, 1.165) is 0 Å². The molecule has 1 heteroatoms. The normalized spacial score (nSPS) is 22.4. The van der Waals surface area contributed by atoms with Crippen molar-refractivity contribution in [3.63, 3.8) is 0 Å². The third-order valence-corrected chi connectivity index (χ3v) is 11.0. The van der Waals surface area contributed by atoms with Crippen LogP contribution in [-0.2, 0) is 22.9 Å². The van der Waals surface area contributed by atoms with Gasteiger partial charge in [0.25, 0.3) is 0 Å². The predicted molar refractivity (Wildman–Crippen MR) is 85.7 cm³/mol. The van der Waals surface area contributed by atoms with Gasteiger partial charge in [-0.3, -0.25) is 0 Å². The Labute approximate surface area is 138 Å². The quantitative estimate of drug-likeness (QED) is 0.554. The van der Waals surface area contributed by atoms with E-state index >= 15 is 0 Å². The average molecular weight is 437 g/mol. The van der Waals surface area contributed by atoms with Crippen molar-refractivity contribution in [1.29, 1.82) is 0 Å². The number of fused-ring (bicyclic) bond motifs is 2. The van der Waals surface area contributed by atoms with Crippen LogP contribution in [-0.4, -0.2) is 0 Å². The van der Waals surface area contributed by atoms with E-state index in [-0.39, 0.29) is 0 Å². The van der Waals surface area contributed by atoms with Gasteiger partial charge < -0.3 is 0 Å². The fourth-order valence-corrected chi connectivity index (χ4v) is 8.96. The molecule has 2 aliphatic carbocycles. The number of rotatable bonds is 2. The van der Waals surface area contributed by atoms with Gasteiger partial charge in [-0.1, -0.05) is 0 Å². The van der Waals surface area contributed by atoms with Crippen molar-refractivity contribution in [2.75, 3.05) is 0 Å². The molecule has 0 radical (unpaired) electrons. The van der Waals surface area contributed by atoms with Gasteiger partial charge in [-0.25, -0.2) is 0 Å². The van der Waals surface area contributed by atoms with E-state index in [4.69, 9.17) is 0 Å². The molecule has 0 saturated carbocycles. The average Bonchev–Trinajstić information content (AvgIpc) is 2.99. The number of hydrogen-bond donors (Lipinski definition) is 0. The molecule has 0 N–H and O–H groups in total. The maximum atomic E-state index is 2.49. The first kappa shape index (κ1) is 13.5. The molecule has 0 fully saturated rings. The van der Waals surface area contributed by atoms with Crippen molar-refractivity contribution in [3.8, 4) is 0 Å². The van der Waals surface area contributed by atoms with Gasteiger partial charge in [0.05, 0.1) is 0 Å². The van der Waals surface area contributed by atoms with Crippen molar-refractivity contribution < 1.29 is 22.9 Å². The van der Waals surface area contributed by atoms with Crippen molar-refractivity contribution in [2.24, 2.45) is 0 Å². The predicted octanol–water partition coefficient (Wildman–Crippen LogP) is 5.39. The third-order valence-electron chi connectivity index (χ3n) is 4.77. The second-order valence-electron chi connectivity index (χ2n) is 6.03. The van der Waals surface area contributed by atoms with E-state index in [0.29, 0.717) is 11.8 Å². The minimum atomic E-state index is -0.912. The van der Waals surface area contributed by atoms with Crippen molar-refractivity contribution in [3.05, 3.63) is 77.4 Å². The summed E-state index contributed by atoms with van der Waals surface area (Å²) in [6.07, 6.45) is 4.97. The molecule has 2 aliphatic rings. The van der Waals surface area contributed by atoms with Crippen LogP contribution >= 0.6 is 0 Å². The third kappa shape index (κ3) is 2.23. The summed E-state index contributed by atoms with van der Waals surface area (Å²) in [6.45, 7) is 4.77. The Balaban J connectivity index is 1.62. The number of allylic oxidation sites excluding steroid dienone is 2. The minimum absolute atomic E-state index is 0.640. The van der Waals surface area contributed by atoms with Crippen LogP contribution in [0.5, 0.6) is 0 Å². The SMILES string of the molecule is CC1[C]([Hf][C]2=Cc3ccccc3C2C)=Cc2ccccc21. The van der Waals surface area contributed by atoms with Gasteiger partial charge in [-0.15, -0.1) is 0 Å². The summed E-state index contributed by atoms with van der Waals surface area (Å²) >= 11 is -0.912. The van der Waals surface area contributed by atoms with Gasteiger partial charge >= 0.3 is 138 Å². The van der Waals surface area contributed by atoms with E-state index in [9.17, 15) is 0 Å². The van der Waals surface area contributed by atoms with E-state index in [1.54, 1.807) is 6.66 Å². The van der Waals surface area contributed by atoms with E-state index in [2.05, 4.69) is 74.5 Å². The van der Waals surface area contributed by atoms with Crippen LogP contribution in [0, 0.1) is 0 Å². The Morgan fingerprint density at radius 3 is 1.52 bits per heavy atom. The Kier molecular flexibility index (Phi) is 3.34. The van der Waals surface area contributed by atoms with Crippen LogP contribution in [0.25, 0.3) is 12.2 Å². The molecule has 4 rings (SSSR count). The van der Waals surface area contributed by atoms with Crippen LogP contribution in [0.4, 0.5) is 0 Å². The van der Waals surface area contributed by atoms with Crippen molar-refractivity contribution >= 4 is 12.2 Å². The molecule has 0 amide bonds. The summed E-state index contributed by atoms with van der Waals surface area (Å²) in [6, 6.07) is 17.8. The molecule has 0 bridgehead atoms. The molecule has 0 saturated heterocycles. The summed E-state index contributed by atoms with van der Waals surface area (Å²) in [5.74, 6) is 1.28. The van der Waals surface area contributed by atoms with E-state index in [1.807, 2.05) is 0 Å². The fraction of sp³-hybridized carbons (Fsp3) is 0.200. The Hall–Kier alpha value is -1.21. The molecule has 0 spiro atoms. The van der Waals surface area contributed by atoms with Gasteiger partial charge in [0.15, 0.2) is 0 Å². The molecule has 2 aromatic carbocycles. The second kappa shape index (κ2) is 5.21. The van der Waals surface area contributed by atoms with Gasteiger partial charge in [0, 0.05) is 0 Å². The van der Waals surface area contributed by atoms with Crippen LogP contribution < -0.4 is 0 Å². The van der Waals surface area contributed by atoms with Crippen molar-refractivity contribution in [1.82, 2.24) is 0 Å². The topological polar surface area (TPSA) is 0 Å². The zero-order valence-corrected chi connectivity index (χ0v) is 16.0. The molecule has 21 heavy (non-hydrogen) atoms. The molecular weight excluding hydrogens is 419 g/mol. The van der Waals surface area contributed by atoms with E-state index < -0.39 is 22.9 Å². The molecule has 2 unspecified atom stereocenters. The molecule has 2 atom stereocenters. The summed E-state index contributed by atoms with van der Waals surface area (Å²) < 4.78 is 3.50. The summed E-state index contributed by atoms with van der Waals surface area (Å²) in [7, 11) is 0.